The first-order chi connectivity index (χ1) is 9.65. The Kier molecular flexibility index (Phi) is 7.19. The molecule has 0 aliphatic carbocycles. The summed E-state index contributed by atoms with van der Waals surface area (Å²) in [6.45, 7) is 3.98. The van der Waals surface area contributed by atoms with Gasteiger partial charge in [-0.2, -0.15) is 0 Å². The van der Waals surface area contributed by atoms with Crippen molar-refractivity contribution in [3.63, 3.8) is 0 Å². The van der Waals surface area contributed by atoms with Gasteiger partial charge in [0.05, 0.1) is 0 Å². The lowest BCUT2D eigenvalue weighted by atomic mass is 10.1. The molecule has 1 heterocycles. The number of benzene rings is 1. The first-order valence-corrected chi connectivity index (χ1v) is 6.74. The predicted molar refractivity (Wildman–Crippen MR) is 82.3 cm³/mol. The highest BCUT2D eigenvalue weighted by atomic mass is 35.5. The molecule has 2 N–H and O–H groups in total. The van der Waals surface area contributed by atoms with Gasteiger partial charge in [-0.1, -0.05) is 17.7 Å². The molecule has 0 saturated carbocycles. The van der Waals surface area contributed by atoms with Gasteiger partial charge in [-0.15, -0.1) is 12.4 Å². The average molecular weight is 315 g/mol. The minimum absolute atomic E-state index is 0. The van der Waals surface area contributed by atoms with Crippen LogP contribution in [0.4, 0.5) is 4.39 Å². The standard InChI is InChI=1S/C15H19FN2O2.ClH/c1-11(20-14-4-2-3-13(16)9-14)15(19)18-10-12-5-7-17-8-6-12;/h2-5,9,11,17H,6-8,10H2,1H3,(H,18,19);1H. The van der Waals surface area contributed by atoms with Crippen molar-refractivity contribution in [2.45, 2.75) is 19.4 Å². The van der Waals surface area contributed by atoms with Crippen molar-refractivity contribution in [2.24, 2.45) is 0 Å². The Morgan fingerprint density at radius 3 is 3.00 bits per heavy atom. The molecule has 1 unspecified atom stereocenters. The lowest BCUT2D eigenvalue weighted by Gasteiger charge is -2.17. The highest BCUT2D eigenvalue weighted by Gasteiger charge is 2.15. The molecule has 1 aromatic rings. The highest BCUT2D eigenvalue weighted by Crippen LogP contribution is 2.13. The van der Waals surface area contributed by atoms with Crippen molar-refractivity contribution >= 4 is 18.3 Å². The largest absolute Gasteiger partial charge is 0.481 e. The second kappa shape index (κ2) is 8.64. The maximum Gasteiger partial charge on any atom is 0.261 e. The smallest absolute Gasteiger partial charge is 0.261 e. The molecular formula is C15H20ClFN2O2. The molecule has 116 valence electrons. The topological polar surface area (TPSA) is 50.4 Å². The molecule has 0 saturated heterocycles. The molecule has 0 aromatic heterocycles. The van der Waals surface area contributed by atoms with Gasteiger partial charge in [0.2, 0.25) is 0 Å². The van der Waals surface area contributed by atoms with Crippen LogP contribution < -0.4 is 15.4 Å². The van der Waals surface area contributed by atoms with E-state index in [1.165, 1.54) is 17.7 Å². The molecule has 1 aromatic carbocycles. The van der Waals surface area contributed by atoms with E-state index in [4.69, 9.17) is 4.74 Å². The number of hydrogen-bond donors (Lipinski definition) is 2. The molecule has 0 radical (unpaired) electrons. The van der Waals surface area contributed by atoms with Crippen molar-refractivity contribution in [2.75, 3.05) is 19.6 Å². The van der Waals surface area contributed by atoms with E-state index in [9.17, 15) is 9.18 Å². The first-order valence-electron chi connectivity index (χ1n) is 6.74. The molecular weight excluding hydrogens is 295 g/mol. The maximum absolute atomic E-state index is 13.0. The molecule has 1 atom stereocenters. The molecule has 0 bridgehead atoms. The van der Waals surface area contributed by atoms with Crippen LogP contribution in [0.25, 0.3) is 0 Å². The van der Waals surface area contributed by atoms with Crippen LogP contribution >= 0.6 is 12.4 Å². The second-order valence-corrected chi connectivity index (χ2v) is 4.75. The Morgan fingerprint density at radius 1 is 1.52 bits per heavy atom. The zero-order valence-electron chi connectivity index (χ0n) is 11.9. The third-order valence-electron chi connectivity index (χ3n) is 3.13. The summed E-state index contributed by atoms with van der Waals surface area (Å²) < 4.78 is 18.4. The van der Waals surface area contributed by atoms with Gasteiger partial charge >= 0.3 is 0 Å². The van der Waals surface area contributed by atoms with Gasteiger partial charge < -0.3 is 15.4 Å². The van der Waals surface area contributed by atoms with Crippen LogP contribution in [0, 0.1) is 5.82 Å². The van der Waals surface area contributed by atoms with Crippen molar-refractivity contribution < 1.29 is 13.9 Å². The Labute approximate surface area is 130 Å². The Balaban J connectivity index is 0.00000220. The molecule has 0 fully saturated rings. The fourth-order valence-electron chi connectivity index (χ4n) is 1.97. The van der Waals surface area contributed by atoms with Crippen LogP contribution in [0.3, 0.4) is 0 Å². The van der Waals surface area contributed by atoms with Gasteiger partial charge in [0.15, 0.2) is 6.10 Å². The second-order valence-electron chi connectivity index (χ2n) is 4.75. The molecule has 1 aliphatic heterocycles. The quantitative estimate of drug-likeness (QED) is 0.818. The SMILES string of the molecule is CC(Oc1cccc(F)c1)C(=O)NCC1=CCNCC1.Cl. The summed E-state index contributed by atoms with van der Waals surface area (Å²) in [5.41, 5.74) is 1.22. The lowest BCUT2D eigenvalue weighted by Crippen LogP contribution is -2.38. The van der Waals surface area contributed by atoms with E-state index in [0.717, 1.165) is 19.5 Å². The average Bonchev–Trinajstić information content (AvgIpc) is 2.46. The lowest BCUT2D eigenvalue weighted by molar-refractivity contribution is -0.127. The minimum Gasteiger partial charge on any atom is -0.481 e. The van der Waals surface area contributed by atoms with Crippen molar-refractivity contribution in [3.05, 3.63) is 41.7 Å². The molecule has 1 aliphatic rings. The van der Waals surface area contributed by atoms with Crippen LogP contribution in [0.2, 0.25) is 0 Å². The molecule has 2 rings (SSSR count). The monoisotopic (exact) mass is 314 g/mol. The summed E-state index contributed by atoms with van der Waals surface area (Å²) in [5.74, 6) is -0.225. The number of amides is 1. The van der Waals surface area contributed by atoms with E-state index in [-0.39, 0.29) is 24.1 Å². The highest BCUT2D eigenvalue weighted by molar-refractivity contribution is 5.85. The van der Waals surface area contributed by atoms with Gasteiger partial charge in [-0.3, -0.25) is 4.79 Å². The van der Waals surface area contributed by atoms with E-state index in [2.05, 4.69) is 16.7 Å². The van der Waals surface area contributed by atoms with Crippen LogP contribution in [-0.2, 0) is 4.79 Å². The van der Waals surface area contributed by atoms with E-state index < -0.39 is 6.10 Å². The number of ether oxygens (including phenoxy) is 1. The molecule has 1 amide bonds. The molecule has 0 spiro atoms. The van der Waals surface area contributed by atoms with Crippen molar-refractivity contribution in [1.82, 2.24) is 10.6 Å². The number of hydrogen-bond acceptors (Lipinski definition) is 3. The Bertz CT molecular complexity index is 508. The predicted octanol–water partition coefficient (Wildman–Crippen LogP) is 2.05. The molecule has 4 nitrogen and oxygen atoms in total. The van der Waals surface area contributed by atoms with Crippen LogP contribution in [0.5, 0.6) is 5.75 Å². The molecule has 21 heavy (non-hydrogen) atoms. The minimum atomic E-state index is -0.654. The number of carbonyl (C=O) groups is 1. The summed E-state index contributed by atoms with van der Waals surface area (Å²) in [6, 6.07) is 5.78. The maximum atomic E-state index is 13.0. The Hall–Kier alpha value is -1.59. The zero-order valence-corrected chi connectivity index (χ0v) is 12.7. The number of nitrogens with one attached hydrogen (secondary N) is 2. The fraction of sp³-hybridized carbons (Fsp3) is 0.400. The fourth-order valence-corrected chi connectivity index (χ4v) is 1.97. The third kappa shape index (κ3) is 5.73. The van der Waals surface area contributed by atoms with Gasteiger partial charge in [-0.05, 0) is 32.0 Å². The van der Waals surface area contributed by atoms with Gasteiger partial charge in [0.1, 0.15) is 11.6 Å². The number of carbonyl (C=O) groups excluding carboxylic acids is 1. The van der Waals surface area contributed by atoms with E-state index in [1.54, 1.807) is 19.1 Å². The Morgan fingerprint density at radius 2 is 2.33 bits per heavy atom. The summed E-state index contributed by atoms with van der Waals surface area (Å²) in [4.78, 5) is 11.9. The van der Waals surface area contributed by atoms with Gasteiger partial charge in [-0.25, -0.2) is 4.39 Å². The van der Waals surface area contributed by atoms with Gasteiger partial charge in [0, 0.05) is 19.2 Å². The summed E-state index contributed by atoms with van der Waals surface area (Å²) >= 11 is 0. The van der Waals surface area contributed by atoms with E-state index in [0.29, 0.717) is 12.3 Å². The van der Waals surface area contributed by atoms with E-state index in [1.807, 2.05) is 0 Å². The van der Waals surface area contributed by atoms with Crippen LogP contribution in [-0.4, -0.2) is 31.6 Å². The van der Waals surface area contributed by atoms with E-state index >= 15 is 0 Å². The third-order valence-corrected chi connectivity index (χ3v) is 3.13. The normalized spacial score (nSPS) is 15.4. The number of rotatable bonds is 5. The number of halogens is 2. The van der Waals surface area contributed by atoms with Crippen molar-refractivity contribution in [3.8, 4) is 5.75 Å². The summed E-state index contributed by atoms with van der Waals surface area (Å²) in [7, 11) is 0. The van der Waals surface area contributed by atoms with Gasteiger partial charge in [0.25, 0.3) is 5.91 Å². The molecule has 6 heteroatoms. The van der Waals surface area contributed by atoms with Crippen molar-refractivity contribution in [1.29, 1.82) is 0 Å². The zero-order chi connectivity index (χ0) is 14.4. The first kappa shape index (κ1) is 17.5. The summed E-state index contributed by atoms with van der Waals surface area (Å²) in [5, 5.41) is 6.05. The van der Waals surface area contributed by atoms with Crippen LogP contribution in [0.15, 0.2) is 35.9 Å². The van der Waals surface area contributed by atoms with Crippen LogP contribution in [0.1, 0.15) is 13.3 Å². The summed E-state index contributed by atoms with van der Waals surface area (Å²) in [6.07, 6.45) is 2.38.